The number of piperidine rings is 1. The molecule has 0 aliphatic carbocycles. The number of nitrogens with zero attached hydrogens (tertiary/aromatic N) is 4. The number of hydrogen-bond donors (Lipinski definition) is 1. The maximum atomic E-state index is 5.89. The maximum Gasteiger partial charge on any atom is 0.225 e. The number of para-hydroxylation sites is 1. The van der Waals surface area contributed by atoms with Crippen LogP contribution in [0.2, 0.25) is 0 Å². The zero-order valence-corrected chi connectivity index (χ0v) is 15.5. The topological polar surface area (TPSA) is 63.2 Å². The number of rotatable bonds is 7. The molecule has 0 atom stereocenters. The van der Waals surface area contributed by atoms with Crippen molar-refractivity contribution in [1.82, 2.24) is 20.3 Å². The SMILES string of the molecule is c1cnc2c(OCCNCc3cnc(N4CCCCC4)nc3)cccc2c1. The molecule has 1 saturated heterocycles. The van der Waals surface area contributed by atoms with Gasteiger partial charge in [-0.2, -0.15) is 0 Å². The molecule has 1 aromatic carbocycles. The Balaban J connectivity index is 1.23. The Morgan fingerprint density at radius 1 is 0.963 bits per heavy atom. The molecule has 1 fully saturated rings. The Morgan fingerprint density at radius 2 is 1.78 bits per heavy atom. The number of pyridine rings is 1. The van der Waals surface area contributed by atoms with E-state index in [4.69, 9.17) is 4.74 Å². The van der Waals surface area contributed by atoms with Gasteiger partial charge < -0.3 is 15.0 Å². The molecule has 3 heterocycles. The summed E-state index contributed by atoms with van der Waals surface area (Å²) in [7, 11) is 0. The van der Waals surface area contributed by atoms with E-state index in [-0.39, 0.29) is 0 Å². The second kappa shape index (κ2) is 8.77. The predicted molar refractivity (Wildman–Crippen MR) is 107 cm³/mol. The van der Waals surface area contributed by atoms with Crippen LogP contribution in [0.5, 0.6) is 5.75 Å². The molecule has 1 aliphatic heterocycles. The fraction of sp³-hybridized carbons (Fsp3) is 0.381. The summed E-state index contributed by atoms with van der Waals surface area (Å²) in [4.78, 5) is 15.7. The Bertz CT molecular complexity index is 857. The molecule has 6 nitrogen and oxygen atoms in total. The van der Waals surface area contributed by atoms with Gasteiger partial charge in [-0.05, 0) is 31.4 Å². The van der Waals surface area contributed by atoms with Crippen LogP contribution in [0.4, 0.5) is 5.95 Å². The molecule has 140 valence electrons. The summed E-state index contributed by atoms with van der Waals surface area (Å²) in [5.41, 5.74) is 1.99. The minimum atomic E-state index is 0.586. The van der Waals surface area contributed by atoms with Gasteiger partial charge in [0.25, 0.3) is 0 Å². The monoisotopic (exact) mass is 363 g/mol. The summed E-state index contributed by atoms with van der Waals surface area (Å²) in [5.74, 6) is 1.68. The third-order valence-electron chi connectivity index (χ3n) is 4.79. The molecule has 0 amide bonds. The average Bonchev–Trinajstić information content (AvgIpc) is 2.75. The number of aromatic nitrogens is 3. The van der Waals surface area contributed by atoms with Crippen LogP contribution < -0.4 is 15.0 Å². The molecule has 27 heavy (non-hydrogen) atoms. The molecule has 0 unspecified atom stereocenters. The largest absolute Gasteiger partial charge is 0.490 e. The predicted octanol–water partition coefficient (Wildman–Crippen LogP) is 3.18. The van der Waals surface area contributed by atoms with E-state index < -0.39 is 0 Å². The molecule has 1 aliphatic rings. The first-order valence-electron chi connectivity index (χ1n) is 9.63. The van der Waals surface area contributed by atoms with Crippen LogP contribution in [-0.2, 0) is 6.54 Å². The van der Waals surface area contributed by atoms with Gasteiger partial charge in [-0.3, -0.25) is 4.98 Å². The van der Waals surface area contributed by atoms with E-state index in [0.29, 0.717) is 6.61 Å². The molecule has 0 bridgehead atoms. The Labute approximate surface area is 159 Å². The fourth-order valence-electron chi connectivity index (χ4n) is 3.36. The summed E-state index contributed by atoms with van der Waals surface area (Å²) < 4.78 is 5.89. The highest BCUT2D eigenvalue weighted by atomic mass is 16.5. The summed E-state index contributed by atoms with van der Waals surface area (Å²) in [6.45, 7) is 4.20. The van der Waals surface area contributed by atoms with Gasteiger partial charge in [-0.1, -0.05) is 18.2 Å². The van der Waals surface area contributed by atoms with E-state index >= 15 is 0 Å². The minimum Gasteiger partial charge on any atom is -0.490 e. The number of hydrogen-bond acceptors (Lipinski definition) is 6. The van der Waals surface area contributed by atoms with E-state index in [9.17, 15) is 0 Å². The Morgan fingerprint density at radius 3 is 2.63 bits per heavy atom. The zero-order chi connectivity index (χ0) is 18.3. The van der Waals surface area contributed by atoms with Crippen LogP contribution in [0, 0.1) is 0 Å². The number of fused-ring (bicyclic) bond motifs is 1. The van der Waals surface area contributed by atoms with Crippen molar-refractivity contribution < 1.29 is 4.74 Å². The standard InChI is InChI=1S/C21H25N5O/c1-2-11-26(12-3-1)21-24-15-17(16-25-21)14-22-10-13-27-19-8-4-6-18-7-5-9-23-20(18)19/h4-9,15-16,22H,1-3,10-14H2. The van der Waals surface area contributed by atoms with E-state index in [2.05, 4.69) is 25.2 Å². The molecule has 0 saturated carbocycles. The number of anilines is 1. The second-order valence-electron chi connectivity index (χ2n) is 6.80. The van der Waals surface area contributed by atoms with Gasteiger partial charge in [0.15, 0.2) is 0 Å². The third-order valence-corrected chi connectivity index (χ3v) is 4.79. The number of nitrogens with one attached hydrogen (secondary N) is 1. The second-order valence-corrected chi connectivity index (χ2v) is 6.80. The Hall–Kier alpha value is -2.73. The van der Waals surface area contributed by atoms with Crippen LogP contribution in [0.1, 0.15) is 24.8 Å². The Kier molecular flexibility index (Phi) is 5.74. The van der Waals surface area contributed by atoms with Crippen molar-refractivity contribution in [2.75, 3.05) is 31.1 Å². The van der Waals surface area contributed by atoms with Gasteiger partial charge in [-0.15, -0.1) is 0 Å². The van der Waals surface area contributed by atoms with E-state index in [1.54, 1.807) is 6.20 Å². The lowest BCUT2D eigenvalue weighted by atomic mass is 10.1. The highest BCUT2D eigenvalue weighted by Crippen LogP contribution is 2.22. The molecule has 3 aromatic rings. The van der Waals surface area contributed by atoms with Gasteiger partial charge in [0.1, 0.15) is 17.9 Å². The number of ether oxygens (including phenoxy) is 1. The molecule has 1 N–H and O–H groups in total. The number of benzene rings is 1. The van der Waals surface area contributed by atoms with Crippen LogP contribution in [0.15, 0.2) is 48.9 Å². The first-order chi connectivity index (χ1) is 13.4. The van der Waals surface area contributed by atoms with Crippen molar-refractivity contribution in [2.24, 2.45) is 0 Å². The lowest BCUT2D eigenvalue weighted by molar-refractivity contribution is 0.316. The van der Waals surface area contributed by atoms with Crippen molar-refractivity contribution in [3.63, 3.8) is 0 Å². The first kappa shape index (κ1) is 17.7. The van der Waals surface area contributed by atoms with Crippen molar-refractivity contribution >= 4 is 16.9 Å². The van der Waals surface area contributed by atoms with Crippen molar-refractivity contribution in [2.45, 2.75) is 25.8 Å². The molecule has 2 aromatic heterocycles. The van der Waals surface area contributed by atoms with Crippen LogP contribution in [0.25, 0.3) is 10.9 Å². The van der Waals surface area contributed by atoms with E-state index in [1.165, 1.54) is 19.3 Å². The van der Waals surface area contributed by atoms with E-state index in [1.807, 2.05) is 42.7 Å². The molecular weight excluding hydrogens is 338 g/mol. The van der Waals surface area contributed by atoms with Crippen LogP contribution in [-0.4, -0.2) is 41.2 Å². The third kappa shape index (κ3) is 4.52. The van der Waals surface area contributed by atoms with Gasteiger partial charge in [-0.25, -0.2) is 9.97 Å². The van der Waals surface area contributed by atoms with Crippen molar-refractivity contribution in [3.8, 4) is 5.75 Å². The normalized spacial score (nSPS) is 14.4. The van der Waals surface area contributed by atoms with Crippen LogP contribution >= 0.6 is 0 Å². The maximum absolute atomic E-state index is 5.89. The van der Waals surface area contributed by atoms with Gasteiger partial charge in [0.05, 0.1) is 0 Å². The molecule has 4 rings (SSSR count). The van der Waals surface area contributed by atoms with Gasteiger partial charge >= 0.3 is 0 Å². The summed E-state index contributed by atoms with van der Waals surface area (Å²) in [5, 5.41) is 4.47. The highest BCUT2D eigenvalue weighted by Gasteiger charge is 2.12. The average molecular weight is 363 g/mol. The van der Waals surface area contributed by atoms with Crippen molar-refractivity contribution in [3.05, 3.63) is 54.5 Å². The quantitative estimate of drug-likeness (QED) is 0.651. The summed E-state index contributed by atoms with van der Waals surface area (Å²) in [6.07, 6.45) is 9.41. The lowest BCUT2D eigenvalue weighted by Gasteiger charge is -2.26. The first-order valence-corrected chi connectivity index (χ1v) is 9.63. The minimum absolute atomic E-state index is 0.586. The van der Waals surface area contributed by atoms with Gasteiger partial charge in [0, 0.05) is 55.7 Å². The summed E-state index contributed by atoms with van der Waals surface area (Å²) >= 11 is 0. The molecular formula is C21H25N5O. The smallest absolute Gasteiger partial charge is 0.225 e. The fourth-order valence-corrected chi connectivity index (χ4v) is 3.36. The molecule has 0 radical (unpaired) electrons. The zero-order valence-electron chi connectivity index (χ0n) is 15.5. The molecule has 6 heteroatoms. The van der Waals surface area contributed by atoms with Crippen LogP contribution in [0.3, 0.4) is 0 Å². The van der Waals surface area contributed by atoms with E-state index in [0.717, 1.165) is 54.3 Å². The van der Waals surface area contributed by atoms with Crippen molar-refractivity contribution in [1.29, 1.82) is 0 Å². The van der Waals surface area contributed by atoms with Gasteiger partial charge in [0.2, 0.25) is 5.95 Å². The highest BCUT2D eigenvalue weighted by molar-refractivity contribution is 5.84. The lowest BCUT2D eigenvalue weighted by Crippen LogP contribution is -2.31. The molecule has 0 spiro atoms. The summed E-state index contributed by atoms with van der Waals surface area (Å²) in [6, 6.07) is 9.98.